The monoisotopic (exact) mass is 409 g/mol. The van der Waals surface area contributed by atoms with Gasteiger partial charge < -0.3 is 19.6 Å². The van der Waals surface area contributed by atoms with Gasteiger partial charge in [0.1, 0.15) is 11.3 Å². The smallest absolute Gasteiger partial charge is 0.289 e. The van der Waals surface area contributed by atoms with E-state index >= 15 is 0 Å². The summed E-state index contributed by atoms with van der Waals surface area (Å²) in [6, 6.07) is 12.5. The van der Waals surface area contributed by atoms with E-state index < -0.39 is 17.4 Å². The second-order valence-electron chi connectivity index (χ2n) is 7.51. The van der Waals surface area contributed by atoms with Crippen molar-refractivity contribution in [3.63, 3.8) is 0 Å². The minimum absolute atomic E-state index is 0.0384. The molecule has 3 aromatic heterocycles. The predicted molar refractivity (Wildman–Crippen MR) is 111 cm³/mol. The molecule has 0 fully saturated rings. The highest BCUT2D eigenvalue weighted by molar-refractivity contribution is 7.13. The maximum atomic E-state index is 12.8. The molecule has 0 atom stereocenters. The van der Waals surface area contributed by atoms with E-state index in [1.54, 1.807) is 24.3 Å². The van der Waals surface area contributed by atoms with Crippen LogP contribution in [0.3, 0.4) is 0 Å². The van der Waals surface area contributed by atoms with Crippen molar-refractivity contribution in [2.75, 3.05) is 5.32 Å². The van der Waals surface area contributed by atoms with Crippen LogP contribution in [0, 0.1) is 0 Å². The van der Waals surface area contributed by atoms with Gasteiger partial charge in [0.05, 0.1) is 4.88 Å². The standard InChI is InChI=1S/C21H19N3O4S/c1-21(2,3)23-20(26)18-17(12-7-4-5-8-14(12)27-18)22-19(25)13-11-15(28-24-13)16-9-6-10-29-16/h4-11H,1-3H3,(H,22,25)(H,23,26). The second kappa shape index (κ2) is 7.21. The molecule has 0 unspecified atom stereocenters. The molecule has 2 N–H and O–H groups in total. The zero-order valence-corrected chi connectivity index (χ0v) is 16.9. The SMILES string of the molecule is CC(C)(C)NC(=O)c1oc2ccccc2c1NC(=O)c1cc(-c2cccs2)on1. The molecule has 0 radical (unpaired) electrons. The van der Waals surface area contributed by atoms with Gasteiger partial charge in [-0.2, -0.15) is 0 Å². The lowest BCUT2D eigenvalue weighted by Crippen LogP contribution is -2.40. The van der Waals surface area contributed by atoms with Gasteiger partial charge in [-0.3, -0.25) is 9.59 Å². The molecule has 8 heteroatoms. The molecule has 7 nitrogen and oxygen atoms in total. The number of furan rings is 1. The Kier molecular flexibility index (Phi) is 4.71. The molecule has 0 aliphatic rings. The number of hydrogen-bond donors (Lipinski definition) is 2. The lowest BCUT2D eigenvalue weighted by atomic mass is 10.1. The molecule has 1 aromatic carbocycles. The van der Waals surface area contributed by atoms with E-state index in [0.29, 0.717) is 22.4 Å². The molecule has 4 rings (SSSR count). The zero-order chi connectivity index (χ0) is 20.6. The number of hydrogen-bond acceptors (Lipinski definition) is 6. The summed E-state index contributed by atoms with van der Waals surface area (Å²) in [6.45, 7) is 5.61. The number of amides is 2. The van der Waals surface area contributed by atoms with Crippen LogP contribution < -0.4 is 10.6 Å². The van der Waals surface area contributed by atoms with Crippen molar-refractivity contribution in [2.45, 2.75) is 26.3 Å². The molecule has 0 aliphatic heterocycles. The highest BCUT2D eigenvalue weighted by Gasteiger charge is 2.26. The van der Waals surface area contributed by atoms with Crippen molar-refractivity contribution in [1.82, 2.24) is 10.5 Å². The predicted octanol–water partition coefficient (Wildman–Crippen LogP) is 4.93. The summed E-state index contributed by atoms with van der Waals surface area (Å²) >= 11 is 1.49. The number of nitrogens with zero attached hydrogens (tertiary/aromatic N) is 1. The van der Waals surface area contributed by atoms with Crippen molar-refractivity contribution in [2.24, 2.45) is 0 Å². The Morgan fingerprint density at radius 2 is 1.86 bits per heavy atom. The summed E-state index contributed by atoms with van der Waals surface area (Å²) < 4.78 is 11.0. The lowest BCUT2D eigenvalue weighted by molar-refractivity contribution is 0.0894. The van der Waals surface area contributed by atoms with E-state index in [0.717, 1.165) is 4.88 Å². The molecular formula is C21H19N3O4S. The number of aromatic nitrogens is 1. The van der Waals surface area contributed by atoms with Gasteiger partial charge in [-0.15, -0.1) is 11.3 Å². The summed E-state index contributed by atoms with van der Waals surface area (Å²) in [5.41, 5.74) is 0.453. The van der Waals surface area contributed by atoms with Gasteiger partial charge >= 0.3 is 0 Å². The average molecular weight is 409 g/mol. The van der Waals surface area contributed by atoms with E-state index in [-0.39, 0.29) is 11.5 Å². The fourth-order valence-corrected chi connectivity index (χ4v) is 3.49. The van der Waals surface area contributed by atoms with Gasteiger partial charge in [-0.25, -0.2) is 0 Å². The van der Waals surface area contributed by atoms with Gasteiger partial charge in [0.15, 0.2) is 11.5 Å². The van der Waals surface area contributed by atoms with Crippen molar-refractivity contribution in [3.05, 3.63) is 59.3 Å². The van der Waals surface area contributed by atoms with Gasteiger partial charge in [-0.05, 0) is 44.4 Å². The normalized spacial score (nSPS) is 11.6. The van der Waals surface area contributed by atoms with E-state index in [1.165, 1.54) is 11.3 Å². The van der Waals surface area contributed by atoms with Gasteiger partial charge in [0.2, 0.25) is 5.76 Å². The molecule has 0 spiro atoms. The number of rotatable bonds is 4. The van der Waals surface area contributed by atoms with Crippen LogP contribution in [0.2, 0.25) is 0 Å². The van der Waals surface area contributed by atoms with Gasteiger partial charge in [0.25, 0.3) is 11.8 Å². The number of benzene rings is 1. The third kappa shape index (κ3) is 3.93. The number of fused-ring (bicyclic) bond motifs is 1. The van der Waals surface area contributed by atoms with Crippen LogP contribution in [0.15, 0.2) is 56.8 Å². The first-order chi connectivity index (χ1) is 13.8. The third-order valence-corrected chi connectivity index (χ3v) is 4.92. The summed E-state index contributed by atoms with van der Waals surface area (Å²) in [4.78, 5) is 26.4. The van der Waals surface area contributed by atoms with Crippen LogP contribution in [0.4, 0.5) is 5.69 Å². The molecule has 4 aromatic rings. The summed E-state index contributed by atoms with van der Waals surface area (Å²) in [5.74, 6) is -0.360. The number of anilines is 1. The van der Waals surface area contributed by atoms with Crippen LogP contribution in [0.25, 0.3) is 21.6 Å². The Balaban J connectivity index is 1.67. The highest BCUT2D eigenvalue weighted by Crippen LogP contribution is 2.32. The van der Waals surface area contributed by atoms with Crippen molar-refractivity contribution in [3.8, 4) is 10.6 Å². The van der Waals surface area contributed by atoms with Crippen LogP contribution >= 0.6 is 11.3 Å². The van der Waals surface area contributed by atoms with Crippen molar-refractivity contribution in [1.29, 1.82) is 0 Å². The van der Waals surface area contributed by atoms with Crippen molar-refractivity contribution < 1.29 is 18.5 Å². The molecule has 0 saturated carbocycles. The third-order valence-electron chi connectivity index (χ3n) is 4.04. The van der Waals surface area contributed by atoms with Crippen LogP contribution in [-0.4, -0.2) is 22.5 Å². The molecule has 3 heterocycles. The quantitative estimate of drug-likeness (QED) is 0.498. The zero-order valence-electron chi connectivity index (χ0n) is 16.1. The molecule has 0 aliphatic carbocycles. The number of nitrogens with one attached hydrogen (secondary N) is 2. The molecular weight excluding hydrogens is 390 g/mol. The minimum Gasteiger partial charge on any atom is -0.449 e. The summed E-state index contributed by atoms with van der Waals surface area (Å²) in [7, 11) is 0. The molecule has 2 amide bonds. The van der Waals surface area contributed by atoms with E-state index in [1.807, 2.05) is 44.4 Å². The Hall–Kier alpha value is -3.39. The first-order valence-electron chi connectivity index (χ1n) is 8.98. The summed E-state index contributed by atoms with van der Waals surface area (Å²) in [6.07, 6.45) is 0. The fourth-order valence-electron chi connectivity index (χ4n) is 2.82. The van der Waals surface area contributed by atoms with Crippen LogP contribution in [0.5, 0.6) is 0 Å². The molecule has 0 saturated heterocycles. The van der Waals surface area contributed by atoms with E-state index in [4.69, 9.17) is 8.94 Å². The maximum Gasteiger partial charge on any atom is 0.289 e. The highest BCUT2D eigenvalue weighted by atomic mass is 32.1. The Bertz CT molecular complexity index is 1180. The number of carbonyl (C=O) groups excluding carboxylic acids is 2. The molecule has 148 valence electrons. The van der Waals surface area contributed by atoms with E-state index in [2.05, 4.69) is 15.8 Å². The first kappa shape index (κ1) is 18.9. The Morgan fingerprint density at radius 3 is 2.59 bits per heavy atom. The second-order valence-corrected chi connectivity index (χ2v) is 8.46. The Labute approximate surface area is 170 Å². The van der Waals surface area contributed by atoms with Gasteiger partial charge in [0, 0.05) is 17.0 Å². The van der Waals surface area contributed by atoms with Crippen LogP contribution in [-0.2, 0) is 0 Å². The molecule has 0 bridgehead atoms. The van der Waals surface area contributed by atoms with Gasteiger partial charge in [-0.1, -0.05) is 23.4 Å². The average Bonchev–Trinajstić information content (AvgIpc) is 3.40. The number of thiophene rings is 1. The fraction of sp³-hybridized carbons (Fsp3) is 0.190. The largest absolute Gasteiger partial charge is 0.449 e. The van der Waals surface area contributed by atoms with Crippen LogP contribution in [0.1, 0.15) is 41.8 Å². The number of carbonyl (C=O) groups is 2. The molecule has 29 heavy (non-hydrogen) atoms. The van der Waals surface area contributed by atoms with E-state index in [9.17, 15) is 9.59 Å². The topological polar surface area (TPSA) is 97.4 Å². The first-order valence-corrected chi connectivity index (χ1v) is 9.86. The maximum absolute atomic E-state index is 12.8. The lowest BCUT2D eigenvalue weighted by Gasteiger charge is -2.19. The Morgan fingerprint density at radius 1 is 1.07 bits per heavy atom. The van der Waals surface area contributed by atoms with Crippen molar-refractivity contribution >= 4 is 39.8 Å². The summed E-state index contributed by atoms with van der Waals surface area (Å²) in [5, 5.41) is 12.0. The number of para-hydroxylation sites is 1. The minimum atomic E-state index is -0.493.